The highest BCUT2D eigenvalue weighted by Crippen LogP contribution is 2.33. The van der Waals surface area contributed by atoms with Crippen LogP contribution in [0.15, 0.2) is 24.5 Å². The second kappa shape index (κ2) is 6.35. The fraction of sp³-hybridized carbons (Fsp3) is 0.438. The maximum absolute atomic E-state index is 11.3. The van der Waals surface area contributed by atoms with Crippen LogP contribution < -0.4 is 4.90 Å². The number of carbonyl (C=O) groups excluding carboxylic acids is 1. The monoisotopic (exact) mass is 303 g/mol. The number of pyridine rings is 1. The summed E-state index contributed by atoms with van der Waals surface area (Å²) in [4.78, 5) is 23.0. The van der Waals surface area contributed by atoms with Crippen molar-refractivity contribution in [2.24, 2.45) is 0 Å². The van der Waals surface area contributed by atoms with Crippen molar-refractivity contribution in [3.63, 3.8) is 0 Å². The molecule has 0 fully saturated rings. The lowest BCUT2D eigenvalue weighted by atomic mass is 9.91. The first kappa shape index (κ1) is 15.6. The van der Waals surface area contributed by atoms with E-state index in [1.165, 1.54) is 16.9 Å². The van der Waals surface area contributed by atoms with Gasteiger partial charge < -0.3 is 4.90 Å². The zero-order valence-corrected chi connectivity index (χ0v) is 13.8. The van der Waals surface area contributed by atoms with Crippen LogP contribution in [0.5, 0.6) is 0 Å². The normalized spacial score (nSPS) is 11.4. The van der Waals surface area contributed by atoms with E-state index in [1.807, 2.05) is 12.1 Å². The molecule has 0 N–H and O–H groups in total. The van der Waals surface area contributed by atoms with E-state index in [4.69, 9.17) is 4.98 Å². The molecule has 4 nitrogen and oxygen atoms in total. The number of hydrogen-bond acceptors (Lipinski definition) is 5. The minimum atomic E-state index is -0.124. The number of rotatable bonds is 5. The van der Waals surface area contributed by atoms with Gasteiger partial charge in [-0.1, -0.05) is 32.1 Å². The highest BCUT2D eigenvalue weighted by atomic mass is 32.1. The second-order valence-corrected chi connectivity index (χ2v) is 6.96. The van der Waals surface area contributed by atoms with Gasteiger partial charge in [-0.15, -0.1) is 0 Å². The van der Waals surface area contributed by atoms with Crippen molar-refractivity contribution in [2.75, 3.05) is 11.4 Å². The molecule has 2 heterocycles. The standard InChI is InChI=1S/C16H21N3OS/c1-5-19(10-12-6-8-17-9-7-12)15-18-14(16(2,3)4)13(11-20)21-15/h6-9,11H,5,10H2,1-4H3. The summed E-state index contributed by atoms with van der Waals surface area (Å²) < 4.78 is 0. The maximum atomic E-state index is 11.3. The van der Waals surface area contributed by atoms with Gasteiger partial charge in [0.2, 0.25) is 0 Å². The Kier molecular flexibility index (Phi) is 4.73. The lowest BCUT2D eigenvalue weighted by Gasteiger charge is -2.20. The van der Waals surface area contributed by atoms with Crippen LogP contribution in [0.25, 0.3) is 0 Å². The molecular formula is C16H21N3OS. The minimum Gasteiger partial charge on any atom is -0.344 e. The van der Waals surface area contributed by atoms with E-state index >= 15 is 0 Å². The van der Waals surface area contributed by atoms with E-state index in [0.29, 0.717) is 0 Å². The number of carbonyl (C=O) groups is 1. The minimum absolute atomic E-state index is 0.124. The summed E-state index contributed by atoms with van der Waals surface area (Å²) in [7, 11) is 0. The van der Waals surface area contributed by atoms with E-state index in [-0.39, 0.29) is 5.41 Å². The first-order valence-electron chi connectivity index (χ1n) is 7.06. The Labute approximate surface area is 129 Å². The van der Waals surface area contributed by atoms with E-state index in [0.717, 1.165) is 35.1 Å². The van der Waals surface area contributed by atoms with Gasteiger partial charge in [-0.25, -0.2) is 4.98 Å². The van der Waals surface area contributed by atoms with Crippen LogP contribution in [0.4, 0.5) is 5.13 Å². The zero-order chi connectivity index (χ0) is 15.5. The number of thiazole rings is 1. The lowest BCUT2D eigenvalue weighted by molar-refractivity contribution is 0.112. The quantitative estimate of drug-likeness (QED) is 0.791. The number of nitrogens with zero attached hydrogens (tertiary/aromatic N) is 3. The summed E-state index contributed by atoms with van der Waals surface area (Å²) in [6.07, 6.45) is 4.51. The molecule has 0 bridgehead atoms. The van der Waals surface area contributed by atoms with Gasteiger partial charge in [-0.2, -0.15) is 0 Å². The van der Waals surface area contributed by atoms with Crippen LogP contribution in [0.2, 0.25) is 0 Å². The SMILES string of the molecule is CCN(Cc1ccncc1)c1nc(C(C)(C)C)c(C=O)s1. The zero-order valence-electron chi connectivity index (χ0n) is 13.0. The Morgan fingerprint density at radius 1 is 1.29 bits per heavy atom. The molecule has 0 aliphatic rings. The van der Waals surface area contributed by atoms with Gasteiger partial charge in [0.25, 0.3) is 0 Å². The van der Waals surface area contributed by atoms with Gasteiger partial charge in [-0.05, 0) is 24.6 Å². The van der Waals surface area contributed by atoms with Crippen molar-refractivity contribution in [3.8, 4) is 0 Å². The maximum Gasteiger partial charge on any atom is 0.186 e. The molecule has 0 saturated carbocycles. The predicted octanol–water partition coefficient (Wildman–Crippen LogP) is 3.67. The summed E-state index contributed by atoms with van der Waals surface area (Å²) in [5.74, 6) is 0. The second-order valence-electron chi connectivity index (χ2n) is 5.95. The lowest BCUT2D eigenvalue weighted by Crippen LogP contribution is -2.22. The molecule has 0 saturated heterocycles. The molecule has 0 amide bonds. The molecule has 0 unspecified atom stereocenters. The van der Waals surface area contributed by atoms with Gasteiger partial charge >= 0.3 is 0 Å². The fourth-order valence-corrected chi connectivity index (χ4v) is 3.25. The van der Waals surface area contributed by atoms with E-state index in [1.54, 1.807) is 12.4 Å². The Hall–Kier alpha value is -1.75. The van der Waals surface area contributed by atoms with Gasteiger partial charge in [0.15, 0.2) is 11.4 Å². The third-order valence-electron chi connectivity index (χ3n) is 3.23. The number of anilines is 1. The molecule has 2 aromatic rings. The molecule has 0 atom stereocenters. The third kappa shape index (κ3) is 3.67. The van der Waals surface area contributed by atoms with Crippen LogP contribution in [-0.4, -0.2) is 22.8 Å². The van der Waals surface area contributed by atoms with E-state index < -0.39 is 0 Å². The van der Waals surface area contributed by atoms with Gasteiger partial charge in [0.1, 0.15) is 0 Å². The Balaban J connectivity index is 2.31. The van der Waals surface area contributed by atoms with Gasteiger partial charge in [0.05, 0.1) is 10.6 Å². The summed E-state index contributed by atoms with van der Waals surface area (Å²) in [5.41, 5.74) is 1.94. The molecule has 112 valence electrons. The summed E-state index contributed by atoms with van der Waals surface area (Å²) in [5, 5.41) is 0.904. The highest BCUT2D eigenvalue weighted by molar-refractivity contribution is 7.17. The fourth-order valence-electron chi connectivity index (χ4n) is 2.10. The molecule has 0 aromatic carbocycles. The van der Waals surface area contributed by atoms with Gasteiger partial charge in [0, 0.05) is 30.9 Å². The molecule has 0 aliphatic carbocycles. The van der Waals surface area contributed by atoms with Gasteiger partial charge in [-0.3, -0.25) is 9.78 Å². The molecule has 2 aromatic heterocycles. The molecule has 0 aliphatic heterocycles. The first-order chi connectivity index (χ1) is 9.95. The first-order valence-corrected chi connectivity index (χ1v) is 7.87. The smallest absolute Gasteiger partial charge is 0.186 e. The van der Waals surface area contributed by atoms with E-state index in [9.17, 15) is 4.79 Å². The highest BCUT2D eigenvalue weighted by Gasteiger charge is 2.24. The van der Waals surface area contributed by atoms with Crippen molar-refractivity contribution < 1.29 is 4.79 Å². The molecular weight excluding hydrogens is 282 g/mol. The predicted molar refractivity (Wildman–Crippen MR) is 87.2 cm³/mol. The number of aromatic nitrogens is 2. The molecule has 0 radical (unpaired) electrons. The van der Waals surface area contributed by atoms with Crippen molar-refractivity contribution in [3.05, 3.63) is 40.7 Å². The van der Waals surface area contributed by atoms with Crippen LogP contribution in [0, 0.1) is 0 Å². The van der Waals surface area contributed by atoms with Crippen LogP contribution >= 0.6 is 11.3 Å². The topological polar surface area (TPSA) is 46.1 Å². The molecule has 0 spiro atoms. The molecule has 5 heteroatoms. The Morgan fingerprint density at radius 3 is 2.43 bits per heavy atom. The van der Waals surface area contributed by atoms with Crippen molar-refractivity contribution in [1.82, 2.24) is 9.97 Å². The average molecular weight is 303 g/mol. The van der Waals surface area contributed by atoms with E-state index in [2.05, 4.69) is 37.6 Å². The third-order valence-corrected chi connectivity index (χ3v) is 4.28. The van der Waals surface area contributed by atoms with Crippen molar-refractivity contribution in [1.29, 1.82) is 0 Å². The Morgan fingerprint density at radius 2 is 1.95 bits per heavy atom. The van der Waals surface area contributed by atoms with Crippen molar-refractivity contribution >= 4 is 22.8 Å². The number of hydrogen-bond donors (Lipinski definition) is 0. The summed E-state index contributed by atoms with van der Waals surface area (Å²) >= 11 is 1.47. The Bertz CT molecular complexity index is 602. The molecule has 21 heavy (non-hydrogen) atoms. The largest absolute Gasteiger partial charge is 0.344 e. The summed E-state index contributed by atoms with van der Waals surface area (Å²) in [6.45, 7) is 9.96. The van der Waals surface area contributed by atoms with Crippen LogP contribution in [-0.2, 0) is 12.0 Å². The van der Waals surface area contributed by atoms with Crippen molar-refractivity contribution in [2.45, 2.75) is 39.7 Å². The molecule has 2 rings (SSSR count). The average Bonchev–Trinajstić information content (AvgIpc) is 2.90. The van der Waals surface area contributed by atoms with Crippen LogP contribution in [0.3, 0.4) is 0 Å². The van der Waals surface area contributed by atoms with Crippen LogP contribution in [0.1, 0.15) is 48.6 Å². The number of aldehydes is 1. The summed E-state index contributed by atoms with van der Waals surface area (Å²) in [6, 6.07) is 4.00.